The summed E-state index contributed by atoms with van der Waals surface area (Å²) in [5.41, 5.74) is 12.6. The van der Waals surface area contributed by atoms with E-state index in [1.807, 2.05) is 0 Å². The van der Waals surface area contributed by atoms with Crippen LogP contribution >= 0.6 is 0 Å². The van der Waals surface area contributed by atoms with Crippen LogP contribution in [0.1, 0.15) is 22.3 Å². The summed E-state index contributed by atoms with van der Waals surface area (Å²) in [6.07, 6.45) is 0. The van der Waals surface area contributed by atoms with E-state index in [-0.39, 0.29) is 0 Å². The topological polar surface area (TPSA) is 35.0 Å². The van der Waals surface area contributed by atoms with Crippen LogP contribution in [-0.4, -0.2) is 9.97 Å². The molecule has 3 nitrogen and oxygen atoms in total. The van der Waals surface area contributed by atoms with Crippen LogP contribution in [0.2, 0.25) is 0 Å². The van der Waals surface area contributed by atoms with Crippen molar-refractivity contribution in [2.24, 2.45) is 0 Å². The van der Waals surface area contributed by atoms with Gasteiger partial charge in [-0.1, -0.05) is 188 Å². The largest absolute Gasteiger partial charge is 0.455 e. The standard InChI is InChI=1S/C53H32N2O/c1-2-13-33(14-3-1)34-25-27-37(28-26-34)49-42-20-9-11-24-47(42)54-52(55-49)43-22-12-21-41-40-19-8-10-23-44(40)53(48(41)43)45-31-29-35-15-4-6-17-38(35)50(45)56-51-39-18-7-5-16-36(39)30-32-46(51)53/h1-32H. The third-order valence-electron chi connectivity index (χ3n) is 11.9. The highest BCUT2D eigenvalue weighted by Crippen LogP contribution is 2.65. The number of nitrogens with zero attached hydrogens (tertiary/aromatic N) is 2. The molecule has 1 aromatic heterocycles. The van der Waals surface area contributed by atoms with E-state index in [0.29, 0.717) is 5.82 Å². The summed E-state index contributed by atoms with van der Waals surface area (Å²) in [5, 5.41) is 5.49. The van der Waals surface area contributed by atoms with Gasteiger partial charge in [0.05, 0.1) is 16.6 Å². The van der Waals surface area contributed by atoms with E-state index in [4.69, 9.17) is 14.7 Å². The van der Waals surface area contributed by atoms with Crippen LogP contribution in [0.3, 0.4) is 0 Å². The first-order chi connectivity index (χ1) is 27.8. The average Bonchev–Trinajstić information content (AvgIpc) is 3.57. The second kappa shape index (κ2) is 11.8. The Balaban J connectivity index is 1.18. The highest BCUT2D eigenvalue weighted by atomic mass is 16.5. The zero-order valence-electron chi connectivity index (χ0n) is 30.3. The van der Waals surface area contributed by atoms with E-state index >= 15 is 0 Å². The lowest BCUT2D eigenvalue weighted by Gasteiger charge is -2.41. The lowest BCUT2D eigenvalue weighted by Crippen LogP contribution is -2.33. The highest BCUT2D eigenvalue weighted by Gasteiger charge is 2.53. The van der Waals surface area contributed by atoms with Gasteiger partial charge in [-0.3, -0.25) is 0 Å². The van der Waals surface area contributed by atoms with Crippen LogP contribution in [0.15, 0.2) is 194 Å². The fourth-order valence-electron chi connectivity index (χ4n) is 9.52. The van der Waals surface area contributed by atoms with Crippen molar-refractivity contribution >= 4 is 32.4 Å². The molecule has 9 aromatic carbocycles. The first-order valence-corrected chi connectivity index (χ1v) is 19.2. The first kappa shape index (κ1) is 31.0. The molecule has 1 spiro atoms. The number of aromatic nitrogens is 2. The molecule has 12 rings (SSSR count). The molecule has 2 aliphatic rings. The van der Waals surface area contributed by atoms with Crippen LogP contribution in [-0.2, 0) is 5.41 Å². The smallest absolute Gasteiger partial charge is 0.160 e. The number of para-hydroxylation sites is 1. The molecule has 0 unspecified atom stereocenters. The van der Waals surface area contributed by atoms with E-state index in [2.05, 4.69) is 194 Å². The summed E-state index contributed by atoms with van der Waals surface area (Å²) >= 11 is 0. The number of hydrogen-bond acceptors (Lipinski definition) is 3. The van der Waals surface area contributed by atoms with Gasteiger partial charge in [-0.2, -0.15) is 0 Å². The van der Waals surface area contributed by atoms with E-state index in [0.717, 1.165) is 71.9 Å². The van der Waals surface area contributed by atoms with Crippen LogP contribution in [0.4, 0.5) is 0 Å². The molecule has 0 fully saturated rings. The minimum absolute atomic E-state index is 0.700. The lowest BCUT2D eigenvalue weighted by atomic mass is 9.64. The normalized spacial score (nSPS) is 13.3. The summed E-state index contributed by atoms with van der Waals surface area (Å²) in [5.74, 6) is 2.48. The van der Waals surface area contributed by atoms with Crippen molar-refractivity contribution in [2.75, 3.05) is 0 Å². The fourth-order valence-corrected chi connectivity index (χ4v) is 9.52. The SMILES string of the molecule is c1ccc(-c2ccc(-c3nc(-c4cccc5c4C4(c6ccccc6-5)c5ccc6ccccc6c5Oc5c4ccc4ccccc54)nc4ccccc34)cc2)cc1. The van der Waals surface area contributed by atoms with Crippen molar-refractivity contribution in [3.05, 3.63) is 216 Å². The van der Waals surface area contributed by atoms with Crippen molar-refractivity contribution in [1.29, 1.82) is 0 Å². The summed E-state index contributed by atoms with van der Waals surface area (Å²) in [7, 11) is 0. The zero-order chi connectivity index (χ0) is 36.8. The Morgan fingerprint density at radius 2 is 0.911 bits per heavy atom. The number of fused-ring (bicyclic) bond motifs is 14. The molecule has 260 valence electrons. The zero-order valence-corrected chi connectivity index (χ0v) is 30.3. The van der Waals surface area contributed by atoms with Crippen LogP contribution < -0.4 is 4.74 Å². The fraction of sp³-hybridized carbons (Fsp3) is 0.0189. The second-order valence-corrected chi connectivity index (χ2v) is 14.8. The molecule has 0 atom stereocenters. The Morgan fingerprint density at radius 3 is 1.64 bits per heavy atom. The van der Waals surface area contributed by atoms with Gasteiger partial charge in [-0.15, -0.1) is 0 Å². The molecule has 0 saturated carbocycles. The van der Waals surface area contributed by atoms with E-state index < -0.39 is 5.41 Å². The van der Waals surface area contributed by atoms with Gasteiger partial charge in [0.2, 0.25) is 0 Å². The summed E-state index contributed by atoms with van der Waals surface area (Å²) < 4.78 is 7.21. The third kappa shape index (κ3) is 4.28. The summed E-state index contributed by atoms with van der Waals surface area (Å²) in [4.78, 5) is 10.9. The summed E-state index contributed by atoms with van der Waals surface area (Å²) in [6.45, 7) is 0. The molecule has 0 saturated heterocycles. The van der Waals surface area contributed by atoms with Crippen LogP contribution in [0.5, 0.6) is 11.5 Å². The molecule has 0 amide bonds. The maximum absolute atomic E-state index is 7.21. The number of rotatable bonds is 3. The molecule has 1 aliphatic heterocycles. The van der Waals surface area contributed by atoms with Gasteiger partial charge in [0, 0.05) is 38.4 Å². The molecule has 2 heterocycles. The molecule has 10 aromatic rings. The quantitative estimate of drug-likeness (QED) is 0.183. The van der Waals surface area contributed by atoms with Gasteiger partial charge >= 0.3 is 0 Å². The molecule has 1 aliphatic carbocycles. The van der Waals surface area contributed by atoms with Gasteiger partial charge < -0.3 is 4.74 Å². The molecule has 0 N–H and O–H groups in total. The van der Waals surface area contributed by atoms with Gasteiger partial charge in [0.25, 0.3) is 0 Å². The van der Waals surface area contributed by atoms with Crippen molar-refractivity contribution < 1.29 is 4.74 Å². The Morgan fingerprint density at radius 1 is 0.357 bits per heavy atom. The predicted octanol–water partition coefficient (Wildman–Crippen LogP) is 13.4. The van der Waals surface area contributed by atoms with Crippen molar-refractivity contribution in [3.63, 3.8) is 0 Å². The Hall–Kier alpha value is -7.36. The monoisotopic (exact) mass is 712 g/mol. The first-order valence-electron chi connectivity index (χ1n) is 19.2. The van der Waals surface area contributed by atoms with E-state index in [1.165, 1.54) is 33.4 Å². The predicted molar refractivity (Wildman–Crippen MR) is 228 cm³/mol. The second-order valence-electron chi connectivity index (χ2n) is 14.8. The Labute approximate surface area is 324 Å². The lowest BCUT2D eigenvalue weighted by molar-refractivity contribution is 0.447. The minimum atomic E-state index is -0.716. The third-order valence-corrected chi connectivity index (χ3v) is 11.9. The maximum atomic E-state index is 7.21. The molecule has 0 radical (unpaired) electrons. The van der Waals surface area contributed by atoms with Gasteiger partial charge in [0.1, 0.15) is 11.5 Å². The average molecular weight is 713 g/mol. The van der Waals surface area contributed by atoms with Gasteiger partial charge in [0.15, 0.2) is 5.82 Å². The molecule has 56 heavy (non-hydrogen) atoms. The van der Waals surface area contributed by atoms with E-state index in [1.54, 1.807) is 0 Å². The summed E-state index contributed by atoms with van der Waals surface area (Å²) in [6, 6.07) is 69.4. The Bertz CT molecular complexity index is 3140. The highest BCUT2D eigenvalue weighted by molar-refractivity contribution is 6.02. The number of ether oxygens (including phenoxy) is 1. The molecule has 0 bridgehead atoms. The van der Waals surface area contributed by atoms with Crippen molar-refractivity contribution in [2.45, 2.75) is 5.41 Å². The van der Waals surface area contributed by atoms with Crippen LogP contribution in [0.25, 0.3) is 77.3 Å². The number of hydrogen-bond donors (Lipinski definition) is 0. The Kier molecular flexibility index (Phi) is 6.55. The van der Waals surface area contributed by atoms with Crippen molar-refractivity contribution in [3.8, 4) is 56.4 Å². The minimum Gasteiger partial charge on any atom is -0.455 e. The molecule has 3 heteroatoms. The van der Waals surface area contributed by atoms with Crippen molar-refractivity contribution in [1.82, 2.24) is 9.97 Å². The maximum Gasteiger partial charge on any atom is 0.160 e. The van der Waals surface area contributed by atoms with Gasteiger partial charge in [-0.25, -0.2) is 9.97 Å². The van der Waals surface area contributed by atoms with Gasteiger partial charge in [-0.05, 0) is 50.2 Å². The number of benzene rings is 9. The molecular formula is C53H32N2O. The van der Waals surface area contributed by atoms with E-state index in [9.17, 15) is 0 Å². The van der Waals surface area contributed by atoms with Crippen LogP contribution in [0, 0.1) is 0 Å². The molecular weight excluding hydrogens is 681 g/mol.